The minimum atomic E-state index is -2.99. The molecular weight excluding hydrogens is 316 g/mol. The standard InChI is InChI=1S/C15H18N4O3S/c1-11-8-14(15(20)17-9-12-4-2-3-6-16-12)18-19(11)13-5-7-23(21,22)10-13/h2-4,6,8,13H,5,7,9-10H2,1H3,(H,17,20). The van der Waals surface area contributed by atoms with Crippen molar-refractivity contribution in [1.82, 2.24) is 20.1 Å². The molecule has 23 heavy (non-hydrogen) atoms. The van der Waals surface area contributed by atoms with Crippen molar-refractivity contribution < 1.29 is 13.2 Å². The van der Waals surface area contributed by atoms with Gasteiger partial charge in [0.15, 0.2) is 9.84 Å². The fraction of sp³-hybridized carbons (Fsp3) is 0.400. The van der Waals surface area contributed by atoms with Crippen molar-refractivity contribution in [2.24, 2.45) is 0 Å². The summed E-state index contributed by atoms with van der Waals surface area (Å²) >= 11 is 0. The minimum absolute atomic E-state index is 0.0878. The summed E-state index contributed by atoms with van der Waals surface area (Å²) in [4.78, 5) is 16.3. The van der Waals surface area contributed by atoms with Gasteiger partial charge in [-0.15, -0.1) is 0 Å². The normalized spacial score (nSPS) is 19.6. The van der Waals surface area contributed by atoms with Gasteiger partial charge in [0.1, 0.15) is 5.69 Å². The molecule has 7 nitrogen and oxygen atoms in total. The Morgan fingerprint density at radius 1 is 1.43 bits per heavy atom. The highest BCUT2D eigenvalue weighted by Crippen LogP contribution is 2.24. The number of rotatable bonds is 4. The Morgan fingerprint density at radius 2 is 2.26 bits per heavy atom. The first-order chi connectivity index (χ1) is 10.9. The Kier molecular flexibility index (Phi) is 4.16. The van der Waals surface area contributed by atoms with Crippen molar-refractivity contribution >= 4 is 15.7 Å². The van der Waals surface area contributed by atoms with Gasteiger partial charge in [-0.05, 0) is 31.5 Å². The van der Waals surface area contributed by atoms with Crippen LogP contribution in [0.4, 0.5) is 0 Å². The number of carbonyl (C=O) groups excluding carboxylic acids is 1. The lowest BCUT2D eigenvalue weighted by Crippen LogP contribution is -2.24. The van der Waals surface area contributed by atoms with Crippen molar-refractivity contribution in [3.05, 3.63) is 47.5 Å². The van der Waals surface area contributed by atoms with E-state index in [1.807, 2.05) is 25.1 Å². The summed E-state index contributed by atoms with van der Waals surface area (Å²) in [6.45, 7) is 2.15. The van der Waals surface area contributed by atoms with Gasteiger partial charge >= 0.3 is 0 Å². The Bertz CT molecular complexity index is 815. The van der Waals surface area contributed by atoms with Gasteiger partial charge in [0.2, 0.25) is 0 Å². The van der Waals surface area contributed by atoms with Crippen molar-refractivity contribution in [1.29, 1.82) is 0 Å². The fourth-order valence-corrected chi connectivity index (χ4v) is 4.39. The molecule has 122 valence electrons. The molecule has 1 aliphatic rings. The third-order valence-corrected chi connectivity index (χ3v) is 5.62. The first-order valence-corrected chi connectivity index (χ1v) is 9.21. The number of nitrogens with one attached hydrogen (secondary N) is 1. The van der Waals surface area contributed by atoms with Crippen LogP contribution >= 0.6 is 0 Å². The molecule has 0 aliphatic carbocycles. The lowest BCUT2D eigenvalue weighted by Gasteiger charge is -2.10. The second kappa shape index (κ2) is 6.11. The number of hydrogen-bond donors (Lipinski definition) is 1. The maximum Gasteiger partial charge on any atom is 0.272 e. The van der Waals surface area contributed by atoms with Crippen LogP contribution in [-0.4, -0.2) is 40.6 Å². The monoisotopic (exact) mass is 334 g/mol. The molecule has 8 heteroatoms. The average molecular weight is 334 g/mol. The Hall–Kier alpha value is -2.22. The van der Waals surface area contributed by atoms with Crippen LogP contribution in [-0.2, 0) is 16.4 Å². The first kappa shape index (κ1) is 15.7. The number of pyridine rings is 1. The van der Waals surface area contributed by atoms with Crippen LogP contribution in [0.2, 0.25) is 0 Å². The highest BCUT2D eigenvalue weighted by atomic mass is 32.2. The molecule has 2 aromatic rings. The van der Waals surface area contributed by atoms with Crippen molar-refractivity contribution in [3.63, 3.8) is 0 Å². The van der Waals surface area contributed by atoms with Gasteiger partial charge in [-0.2, -0.15) is 5.10 Å². The summed E-state index contributed by atoms with van der Waals surface area (Å²) in [6.07, 6.45) is 2.21. The predicted molar refractivity (Wildman–Crippen MR) is 84.7 cm³/mol. The highest BCUT2D eigenvalue weighted by Gasteiger charge is 2.31. The number of carbonyl (C=O) groups is 1. The molecule has 0 aromatic carbocycles. The quantitative estimate of drug-likeness (QED) is 0.895. The van der Waals surface area contributed by atoms with Gasteiger partial charge < -0.3 is 5.32 Å². The number of amides is 1. The lowest BCUT2D eigenvalue weighted by molar-refractivity contribution is 0.0944. The molecular formula is C15H18N4O3S. The molecule has 0 bridgehead atoms. The predicted octanol–water partition coefficient (Wildman–Crippen LogP) is 0.876. The van der Waals surface area contributed by atoms with Crippen molar-refractivity contribution in [2.75, 3.05) is 11.5 Å². The Labute approximate surface area is 134 Å². The van der Waals surface area contributed by atoms with E-state index in [1.165, 1.54) is 0 Å². The lowest BCUT2D eigenvalue weighted by atomic mass is 10.2. The molecule has 1 amide bonds. The van der Waals surface area contributed by atoms with Crippen LogP contribution < -0.4 is 5.32 Å². The van der Waals surface area contributed by atoms with E-state index in [4.69, 9.17) is 0 Å². The molecule has 0 spiro atoms. The summed E-state index contributed by atoms with van der Waals surface area (Å²) in [5.41, 5.74) is 1.84. The second-order valence-corrected chi connectivity index (χ2v) is 7.90. The van der Waals surface area contributed by atoms with E-state index < -0.39 is 9.84 Å². The largest absolute Gasteiger partial charge is 0.345 e. The summed E-state index contributed by atoms with van der Waals surface area (Å²) in [7, 11) is -2.99. The highest BCUT2D eigenvalue weighted by molar-refractivity contribution is 7.91. The van der Waals surface area contributed by atoms with Crippen LogP contribution in [0.1, 0.15) is 34.3 Å². The Balaban J connectivity index is 1.69. The number of sulfone groups is 1. The SMILES string of the molecule is Cc1cc(C(=O)NCc2ccccn2)nn1C1CCS(=O)(=O)C1. The molecule has 0 radical (unpaired) electrons. The van der Waals surface area contributed by atoms with Crippen molar-refractivity contribution in [3.8, 4) is 0 Å². The van der Waals surface area contributed by atoms with Gasteiger partial charge in [-0.1, -0.05) is 6.07 Å². The molecule has 0 saturated carbocycles. The molecule has 1 unspecified atom stereocenters. The van der Waals surface area contributed by atoms with Gasteiger partial charge in [0.05, 0.1) is 29.8 Å². The fourth-order valence-electron chi connectivity index (χ4n) is 2.70. The van der Waals surface area contributed by atoms with E-state index in [9.17, 15) is 13.2 Å². The third kappa shape index (κ3) is 3.58. The molecule has 1 fully saturated rings. The van der Waals surface area contributed by atoms with Crippen LogP contribution in [0.3, 0.4) is 0 Å². The summed E-state index contributed by atoms with van der Waals surface area (Å²) in [6, 6.07) is 6.99. The third-order valence-electron chi connectivity index (χ3n) is 3.87. The number of hydrogen-bond acceptors (Lipinski definition) is 5. The van der Waals surface area contributed by atoms with Crippen LogP contribution in [0.15, 0.2) is 30.5 Å². The molecule has 3 rings (SSSR count). The second-order valence-electron chi connectivity index (χ2n) is 5.68. The van der Waals surface area contributed by atoms with Gasteiger partial charge in [0.25, 0.3) is 5.91 Å². The summed E-state index contributed by atoms with van der Waals surface area (Å²) in [5, 5.41) is 7.06. The number of nitrogens with zero attached hydrogens (tertiary/aromatic N) is 3. The smallest absolute Gasteiger partial charge is 0.272 e. The van der Waals surface area contributed by atoms with Gasteiger partial charge in [-0.25, -0.2) is 8.42 Å². The molecule has 1 N–H and O–H groups in total. The van der Waals surface area contributed by atoms with E-state index in [1.54, 1.807) is 16.9 Å². The maximum atomic E-state index is 12.2. The topological polar surface area (TPSA) is 93.9 Å². The molecule has 1 aliphatic heterocycles. The molecule has 1 atom stereocenters. The van der Waals surface area contributed by atoms with E-state index in [-0.39, 0.29) is 23.5 Å². The zero-order chi connectivity index (χ0) is 16.4. The summed E-state index contributed by atoms with van der Waals surface area (Å²) in [5.74, 6) is -0.0266. The number of aryl methyl sites for hydroxylation is 1. The zero-order valence-corrected chi connectivity index (χ0v) is 13.6. The van der Waals surface area contributed by atoms with E-state index in [2.05, 4.69) is 15.4 Å². The summed E-state index contributed by atoms with van der Waals surface area (Å²) < 4.78 is 24.8. The first-order valence-electron chi connectivity index (χ1n) is 7.39. The minimum Gasteiger partial charge on any atom is -0.345 e. The van der Waals surface area contributed by atoms with Crippen LogP contribution in [0.25, 0.3) is 0 Å². The van der Waals surface area contributed by atoms with Crippen molar-refractivity contribution in [2.45, 2.75) is 25.9 Å². The maximum absolute atomic E-state index is 12.2. The van der Waals surface area contributed by atoms with Gasteiger partial charge in [-0.3, -0.25) is 14.5 Å². The zero-order valence-electron chi connectivity index (χ0n) is 12.8. The van der Waals surface area contributed by atoms with Gasteiger partial charge in [0, 0.05) is 11.9 Å². The molecule has 2 aromatic heterocycles. The molecule has 1 saturated heterocycles. The van der Waals surface area contributed by atoms with E-state index in [0.29, 0.717) is 18.7 Å². The number of aromatic nitrogens is 3. The van der Waals surface area contributed by atoms with Crippen LogP contribution in [0.5, 0.6) is 0 Å². The average Bonchev–Trinajstić information content (AvgIpc) is 3.08. The Morgan fingerprint density at radius 3 is 2.91 bits per heavy atom. The van der Waals surface area contributed by atoms with E-state index in [0.717, 1.165) is 11.4 Å². The molecule has 3 heterocycles. The van der Waals surface area contributed by atoms with E-state index >= 15 is 0 Å². The van der Waals surface area contributed by atoms with Crippen LogP contribution in [0, 0.1) is 6.92 Å².